The lowest BCUT2D eigenvalue weighted by atomic mass is 10.2. The van der Waals surface area contributed by atoms with E-state index in [-0.39, 0.29) is 34.2 Å². The average Bonchev–Trinajstić information content (AvgIpc) is 3.18. The number of nitrogens with zero attached hydrogens (tertiary/aromatic N) is 5. The molecule has 0 N–H and O–H groups in total. The Bertz CT molecular complexity index is 1140. The summed E-state index contributed by atoms with van der Waals surface area (Å²) in [5, 5.41) is 7.37. The molecule has 3 aromatic heterocycles. The van der Waals surface area contributed by atoms with E-state index in [1.54, 1.807) is 0 Å². The second-order valence-electron chi connectivity index (χ2n) is 5.66. The summed E-state index contributed by atoms with van der Waals surface area (Å²) in [6.45, 7) is 1.41. The normalized spacial score (nSPS) is 12.1. The molecule has 0 saturated carbocycles. The lowest BCUT2D eigenvalue weighted by Gasteiger charge is -2.09. The Kier molecular flexibility index (Phi) is 3.68. The van der Waals surface area contributed by atoms with Crippen molar-refractivity contribution in [1.29, 1.82) is 0 Å². The molecule has 0 spiro atoms. The van der Waals surface area contributed by atoms with Crippen LogP contribution in [0.2, 0.25) is 0 Å². The molecule has 11 heteroatoms. The van der Waals surface area contributed by atoms with Gasteiger partial charge in [-0.2, -0.15) is 23.3 Å². The molecule has 0 amide bonds. The first kappa shape index (κ1) is 17.1. The standard InChI is InChI=1S/C16H8F5N5O/c1-7-2-12(16(19,20)21)26-14(23-7)11(6-22-26)13-24-15(27-25-13)8-3-9(17)5-10(18)4-8/h2-6H,1H3. The molecule has 3 heterocycles. The van der Waals surface area contributed by atoms with Crippen LogP contribution in [0.25, 0.3) is 28.5 Å². The molecule has 0 fully saturated rings. The van der Waals surface area contributed by atoms with Gasteiger partial charge in [0.2, 0.25) is 5.82 Å². The molecular formula is C16H8F5N5O. The maximum absolute atomic E-state index is 13.3. The highest BCUT2D eigenvalue weighted by atomic mass is 19.4. The molecule has 4 aromatic rings. The molecule has 0 aliphatic carbocycles. The lowest BCUT2D eigenvalue weighted by Crippen LogP contribution is -2.13. The Labute approximate surface area is 147 Å². The Balaban J connectivity index is 1.85. The predicted octanol–water partition coefficient (Wildman–Crippen LogP) is 4.05. The fourth-order valence-corrected chi connectivity index (χ4v) is 2.57. The average molecular weight is 381 g/mol. The Morgan fingerprint density at radius 2 is 1.70 bits per heavy atom. The summed E-state index contributed by atoms with van der Waals surface area (Å²) in [7, 11) is 0. The van der Waals surface area contributed by atoms with E-state index >= 15 is 0 Å². The van der Waals surface area contributed by atoms with Crippen molar-refractivity contribution >= 4 is 5.65 Å². The molecule has 138 valence electrons. The maximum atomic E-state index is 13.3. The van der Waals surface area contributed by atoms with Gasteiger partial charge in [-0.05, 0) is 25.1 Å². The summed E-state index contributed by atoms with van der Waals surface area (Å²) in [5.41, 5.74) is -0.946. The van der Waals surface area contributed by atoms with Crippen molar-refractivity contribution in [3.63, 3.8) is 0 Å². The van der Waals surface area contributed by atoms with Gasteiger partial charge in [0.1, 0.15) is 17.3 Å². The number of aryl methyl sites for hydroxylation is 1. The van der Waals surface area contributed by atoms with Crippen molar-refractivity contribution < 1.29 is 26.5 Å². The Morgan fingerprint density at radius 3 is 2.37 bits per heavy atom. The number of halogens is 5. The van der Waals surface area contributed by atoms with E-state index in [1.807, 2.05) is 0 Å². The van der Waals surface area contributed by atoms with Crippen molar-refractivity contribution in [2.75, 3.05) is 0 Å². The molecule has 6 nitrogen and oxygen atoms in total. The van der Waals surface area contributed by atoms with Crippen LogP contribution in [0.4, 0.5) is 22.0 Å². The second-order valence-corrected chi connectivity index (χ2v) is 5.66. The van der Waals surface area contributed by atoms with E-state index < -0.39 is 23.5 Å². The highest BCUT2D eigenvalue weighted by Crippen LogP contribution is 2.32. The van der Waals surface area contributed by atoms with Crippen LogP contribution >= 0.6 is 0 Å². The second kappa shape index (κ2) is 5.83. The van der Waals surface area contributed by atoms with E-state index in [0.717, 1.165) is 24.4 Å². The van der Waals surface area contributed by atoms with Crippen molar-refractivity contribution in [1.82, 2.24) is 24.7 Å². The summed E-state index contributed by atoms with van der Waals surface area (Å²) in [6.07, 6.45) is -3.53. The molecule has 0 aliphatic rings. The van der Waals surface area contributed by atoms with Crippen LogP contribution in [0.5, 0.6) is 0 Å². The van der Waals surface area contributed by atoms with Crippen molar-refractivity contribution in [2.45, 2.75) is 13.1 Å². The van der Waals surface area contributed by atoms with Gasteiger partial charge in [0, 0.05) is 17.3 Å². The molecule has 0 aliphatic heterocycles. The van der Waals surface area contributed by atoms with Crippen LogP contribution in [0.15, 0.2) is 35.0 Å². The monoisotopic (exact) mass is 381 g/mol. The summed E-state index contributed by atoms with van der Waals surface area (Å²) in [4.78, 5) is 8.05. The maximum Gasteiger partial charge on any atom is 0.433 e. The third kappa shape index (κ3) is 3.00. The van der Waals surface area contributed by atoms with Gasteiger partial charge in [0.05, 0.1) is 11.8 Å². The number of fused-ring (bicyclic) bond motifs is 1. The van der Waals surface area contributed by atoms with E-state index in [2.05, 4.69) is 20.2 Å². The number of aromatic nitrogens is 5. The molecular weight excluding hydrogens is 373 g/mol. The first-order chi connectivity index (χ1) is 12.7. The Morgan fingerprint density at radius 1 is 1.00 bits per heavy atom. The van der Waals surface area contributed by atoms with E-state index in [1.165, 1.54) is 6.92 Å². The quantitative estimate of drug-likeness (QED) is 0.490. The fourth-order valence-electron chi connectivity index (χ4n) is 2.57. The van der Waals surface area contributed by atoms with Crippen LogP contribution in [0.1, 0.15) is 11.4 Å². The third-order valence-electron chi connectivity index (χ3n) is 3.67. The van der Waals surface area contributed by atoms with Gasteiger partial charge in [-0.3, -0.25) is 0 Å². The minimum Gasteiger partial charge on any atom is -0.334 e. The molecule has 0 bridgehead atoms. The van der Waals surface area contributed by atoms with Crippen molar-refractivity contribution in [3.8, 4) is 22.8 Å². The first-order valence-corrected chi connectivity index (χ1v) is 7.45. The van der Waals surface area contributed by atoms with E-state index in [9.17, 15) is 22.0 Å². The van der Waals surface area contributed by atoms with Gasteiger partial charge in [-0.25, -0.2) is 18.3 Å². The smallest absolute Gasteiger partial charge is 0.334 e. The molecule has 1 aromatic carbocycles. The highest BCUT2D eigenvalue weighted by molar-refractivity contribution is 5.73. The number of rotatable bonds is 2. The molecule has 4 rings (SSSR count). The first-order valence-electron chi connectivity index (χ1n) is 7.45. The van der Waals surface area contributed by atoms with Crippen LogP contribution < -0.4 is 0 Å². The SMILES string of the molecule is Cc1cc(C(F)(F)F)n2ncc(-c3noc(-c4cc(F)cc(F)c4)n3)c2n1. The van der Waals surface area contributed by atoms with E-state index in [0.29, 0.717) is 10.6 Å². The Hall–Kier alpha value is -3.37. The minimum atomic E-state index is -4.64. The number of benzene rings is 1. The molecule has 0 saturated heterocycles. The molecule has 27 heavy (non-hydrogen) atoms. The lowest BCUT2D eigenvalue weighted by molar-refractivity contribution is -0.142. The zero-order valence-electron chi connectivity index (χ0n) is 13.4. The van der Waals surface area contributed by atoms with Gasteiger partial charge >= 0.3 is 6.18 Å². The number of hydrogen-bond acceptors (Lipinski definition) is 5. The van der Waals surface area contributed by atoms with Gasteiger partial charge in [-0.1, -0.05) is 5.16 Å². The number of alkyl halides is 3. The number of hydrogen-bond donors (Lipinski definition) is 0. The molecule has 0 atom stereocenters. The zero-order valence-corrected chi connectivity index (χ0v) is 13.4. The summed E-state index contributed by atoms with van der Waals surface area (Å²) < 4.78 is 71.9. The minimum absolute atomic E-state index is 0.0113. The van der Waals surface area contributed by atoms with Gasteiger partial charge in [0.25, 0.3) is 5.89 Å². The van der Waals surface area contributed by atoms with Crippen molar-refractivity contribution in [2.24, 2.45) is 0 Å². The molecule has 0 radical (unpaired) electrons. The highest BCUT2D eigenvalue weighted by Gasteiger charge is 2.35. The van der Waals surface area contributed by atoms with Crippen LogP contribution in [0, 0.1) is 18.6 Å². The van der Waals surface area contributed by atoms with Gasteiger partial charge in [-0.15, -0.1) is 0 Å². The summed E-state index contributed by atoms with van der Waals surface area (Å²) >= 11 is 0. The van der Waals surface area contributed by atoms with Crippen LogP contribution in [-0.4, -0.2) is 24.7 Å². The molecule has 0 unspecified atom stereocenters. The third-order valence-corrected chi connectivity index (χ3v) is 3.67. The fraction of sp³-hybridized carbons (Fsp3) is 0.125. The van der Waals surface area contributed by atoms with E-state index in [4.69, 9.17) is 4.52 Å². The topological polar surface area (TPSA) is 69.1 Å². The zero-order chi connectivity index (χ0) is 19.3. The van der Waals surface area contributed by atoms with Gasteiger partial charge < -0.3 is 4.52 Å². The van der Waals surface area contributed by atoms with Gasteiger partial charge in [0.15, 0.2) is 5.65 Å². The summed E-state index contributed by atoms with van der Waals surface area (Å²) in [6, 6.07) is 3.51. The summed E-state index contributed by atoms with van der Waals surface area (Å²) in [5.74, 6) is -2.00. The van der Waals surface area contributed by atoms with Crippen LogP contribution in [-0.2, 0) is 6.18 Å². The van der Waals surface area contributed by atoms with Crippen LogP contribution in [0.3, 0.4) is 0 Å². The van der Waals surface area contributed by atoms with Crippen molar-refractivity contribution in [3.05, 3.63) is 53.5 Å². The predicted molar refractivity (Wildman–Crippen MR) is 81.4 cm³/mol. The largest absolute Gasteiger partial charge is 0.433 e.